The van der Waals surface area contributed by atoms with E-state index in [-0.39, 0.29) is 24.3 Å². The molecule has 7 heteroatoms. The molecule has 3 aromatic rings. The van der Waals surface area contributed by atoms with E-state index in [0.717, 1.165) is 37.3 Å². The van der Waals surface area contributed by atoms with Gasteiger partial charge in [0.15, 0.2) is 0 Å². The highest BCUT2D eigenvalue weighted by molar-refractivity contribution is 6.06. The molecule has 1 saturated heterocycles. The lowest BCUT2D eigenvalue weighted by Crippen LogP contribution is -2.37. The van der Waals surface area contributed by atoms with Crippen molar-refractivity contribution in [2.45, 2.75) is 26.7 Å². The Morgan fingerprint density at radius 1 is 0.865 bits per heavy atom. The van der Waals surface area contributed by atoms with E-state index in [4.69, 9.17) is 0 Å². The number of piperidine rings is 1. The molecule has 0 atom stereocenters. The van der Waals surface area contributed by atoms with Crippen LogP contribution in [0.4, 0.5) is 17.1 Å². The van der Waals surface area contributed by atoms with Crippen molar-refractivity contribution < 1.29 is 14.4 Å². The van der Waals surface area contributed by atoms with E-state index >= 15 is 0 Å². The summed E-state index contributed by atoms with van der Waals surface area (Å²) in [6, 6.07) is 23.7. The fraction of sp³-hybridized carbons (Fsp3) is 0.300. The van der Waals surface area contributed by atoms with Crippen molar-refractivity contribution in [1.29, 1.82) is 0 Å². The Balaban J connectivity index is 1.30. The zero-order valence-electron chi connectivity index (χ0n) is 21.4. The third kappa shape index (κ3) is 6.76. The van der Waals surface area contributed by atoms with Crippen molar-refractivity contribution in [2.75, 3.05) is 41.7 Å². The third-order valence-electron chi connectivity index (χ3n) is 6.68. The van der Waals surface area contributed by atoms with Gasteiger partial charge in [-0.15, -0.1) is 0 Å². The van der Waals surface area contributed by atoms with Gasteiger partial charge in [-0.25, -0.2) is 0 Å². The maximum Gasteiger partial charge on any atom is 0.258 e. The molecule has 192 valence electrons. The van der Waals surface area contributed by atoms with Crippen molar-refractivity contribution in [3.63, 3.8) is 0 Å². The fourth-order valence-electron chi connectivity index (χ4n) is 4.45. The van der Waals surface area contributed by atoms with Crippen LogP contribution in [-0.4, -0.2) is 48.8 Å². The first-order chi connectivity index (χ1) is 17.9. The molecule has 0 unspecified atom stereocenters. The highest BCUT2D eigenvalue weighted by atomic mass is 16.2. The molecule has 37 heavy (non-hydrogen) atoms. The molecule has 2 N–H and O–H groups in total. The topological polar surface area (TPSA) is 81.8 Å². The van der Waals surface area contributed by atoms with E-state index in [1.807, 2.05) is 42.2 Å². The second kappa shape index (κ2) is 12.2. The molecule has 0 bridgehead atoms. The Morgan fingerprint density at radius 2 is 1.57 bits per heavy atom. The summed E-state index contributed by atoms with van der Waals surface area (Å²) in [5.74, 6) is 0.355. The van der Waals surface area contributed by atoms with Gasteiger partial charge in [0.1, 0.15) is 0 Å². The monoisotopic (exact) mass is 498 g/mol. The average molecular weight is 499 g/mol. The first kappa shape index (κ1) is 25.9. The highest BCUT2D eigenvalue weighted by Crippen LogP contribution is 2.20. The third-order valence-corrected chi connectivity index (χ3v) is 6.68. The number of carbonyl (C=O) groups excluding carboxylic acids is 3. The predicted octanol–water partition coefficient (Wildman–Crippen LogP) is 5.28. The number of likely N-dealkylation sites (tertiary alicyclic amines) is 1. The van der Waals surface area contributed by atoms with Gasteiger partial charge in [0.2, 0.25) is 5.91 Å². The van der Waals surface area contributed by atoms with Gasteiger partial charge in [-0.05, 0) is 80.3 Å². The number of carbonyl (C=O) groups is 3. The molecule has 1 fully saturated rings. The lowest BCUT2D eigenvalue weighted by atomic mass is 9.98. The number of rotatable bonds is 8. The quantitative estimate of drug-likeness (QED) is 0.443. The summed E-state index contributed by atoms with van der Waals surface area (Å²) in [5, 5.41) is 5.94. The van der Waals surface area contributed by atoms with E-state index in [9.17, 15) is 14.4 Å². The predicted molar refractivity (Wildman–Crippen MR) is 148 cm³/mol. The Kier molecular flexibility index (Phi) is 8.56. The second-order valence-electron chi connectivity index (χ2n) is 9.42. The number of nitrogens with one attached hydrogen (secondary N) is 2. The molecule has 4 rings (SSSR count). The van der Waals surface area contributed by atoms with Gasteiger partial charge in [0.25, 0.3) is 11.8 Å². The molecule has 3 amide bonds. The highest BCUT2D eigenvalue weighted by Gasteiger charge is 2.21. The smallest absolute Gasteiger partial charge is 0.258 e. The standard InChI is InChI=1S/C30H34N4O3/c1-3-34(27-10-5-4-6-11-27)30(37)23-12-14-25(15-13-23)31-21-28(35)32-26-9-7-8-24(20-26)29(36)33-18-16-22(2)17-19-33/h4-15,20,22,31H,3,16-19,21H2,1-2H3,(H,32,35). The molecular weight excluding hydrogens is 464 g/mol. The van der Waals surface area contributed by atoms with Crippen LogP contribution in [0.1, 0.15) is 47.4 Å². The van der Waals surface area contributed by atoms with Crippen molar-refractivity contribution in [3.8, 4) is 0 Å². The minimum atomic E-state index is -0.224. The van der Waals surface area contributed by atoms with Crippen LogP contribution in [0.15, 0.2) is 78.9 Å². The van der Waals surface area contributed by atoms with E-state index < -0.39 is 0 Å². The molecule has 7 nitrogen and oxygen atoms in total. The minimum absolute atomic E-state index is 0.00432. The van der Waals surface area contributed by atoms with Crippen molar-refractivity contribution in [1.82, 2.24) is 4.90 Å². The Labute approximate surface area is 218 Å². The molecule has 1 aliphatic heterocycles. The van der Waals surface area contributed by atoms with Gasteiger partial charge < -0.3 is 20.4 Å². The van der Waals surface area contributed by atoms with Gasteiger partial charge in [0, 0.05) is 47.8 Å². The number of para-hydroxylation sites is 1. The van der Waals surface area contributed by atoms with Crippen LogP contribution in [0, 0.1) is 5.92 Å². The van der Waals surface area contributed by atoms with Crippen LogP contribution >= 0.6 is 0 Å². The van der Waals surface area contributed by atoms with Crippen LogP contribution in [0.3, 0.4) is 0 Å². The maximum atomic E-state index is 13.0. The molecule has 0 aromatic heterocycles. The number of hydrogen-bond donors (Lipinski definition) is 2. The molecule has 0 aliphatic carbocycles. The number of nitrogens with zero attached hydrogens (tertiary/aromatic N) is 2. The van der Waals surface area contributed by atoms with Crippen LogP contribution in [0.5, 0.6) is 0 Å². The average Bonchev–Trinajstić information content (AvgIpc) is 2.93. The van der Waals surface area contributed by atoms with Crippen molar-refractivity contribution in [2.24, 2.45) is 5.92 Å². The molecule has 0 spiro atoms. The normalized spacial score (nSPS) is 13.6. The van der Waals surface area contributed by atoms with E-state index in [2.05, 4.69) is 17.6 Å². The van der Waals surface area contributed by atoms with Gasteiger partial charge in [0.05, 0.1) is 6.54 Å². The molecule has 1 heterocycles. The number of amides is 3. The minimum Gasteiger partial charge on any atom is -0.376 e. The SMILES string of the molecule is CCN(C(=O)c1ccc(NCC(=O)Nc2cccc(C(=O)N3CCC(C)CC3)c2)cc1)c1ccccc1. The Bertz CT molecular complexity index is 1220. The van der Waals surface area contributed by atoms with E-state index in [1.165, 1.54) is 0 Å². The molecule has 3 aromatic carbocycles. The Morgan fingerprint density at radius 3 is 2.24 bits per heavy atom. The molecule has 0 saturated carbocycles. The lowest BCUT2D eigenvalue weighted by molar-refractivity contribution is -0.114. The van der Waals surface area contributed by atoms with Crippen LogP contribution in [-0.2, 0) is 4.79 Å². The zero-order valence-corrected chi connectivity index (χ0v) is 21.4. The molecule has 0 radical (unpaired) electrons. The van der Waals surface area contributed by atoms with E-state index in [0.29, 0.717) is 29.3 Å². The van der Waals surface area contributed by atoms with Gasteiger partial charge in [-0.2, -0.15) is 0 Å². The summed E-state index contributed by atoms with van der Waals surface area (Å²) in [7, 11) is 0. The fourth-order valence-corrected chi connectivity index (χ4v) is 4.45. The zero-order chi connectivity index (χ0) is 26.2. The number of anilines is 3. The second-order valence-corrected chi connectivity index (χ2v) is 9.42. The van der Waals surface area contributed by atoms with E-state index in [1.54, 1.807) is 53.4 Å². The number of hydrogen-bond acceptors (Lipinski definition) is 4. The van der Waals surface area contributed by atoms with Gasteiger partial charge in [-0.3, -0.25) is 14.4 Å². The molecule has 1 aliphatic rings. The molecular formula is C30H34N4O3. The van der Waals surface area contributed by atoms with Crippen molar-refractivity contribution >= 4 is 34.8 Å². The summed E-state index contributed by atoms with van der Waals surface area (Å²) in [6.45, 7) is 6.32. The van der Waals surface area contributed by atoms with Crippen molar-refractivity contribution in [3.05, 3.63) is 90.0 Å². The van der Waals surface area contributed by atoms with Gasteiger partial charge >= 0.3 is 0 Å². The summed E-state index contributed by atoms with van der Waals surface area (Å²) in [5.41, 5.74) is 3.33. The summed E-state index contributed by atoms with van der Waals surface area (Å²) >= 11 is 0. The lowest BCUT2D eigenvalue weighted by Gasteiger charge is -2.30. The first-order valence-corrected chi connectivity index (χ1v) is 12.8. The first-order valence-electron chi connectivity index (χ1n) is 12.8. The summed E-state index contributed by atoms with van der Waals surface area (Å²) in [6.07, 6.45) is 2.04. The van der Waals surface area contributed by atoms with Crippen LogP contribution < -0.4 is 15.5 Å². The van der Waals surface area contributed by atoms with Gasteiger partial charge in [-0.1, -0.05) is 31.2 Å². The summed E-state index contributed by atoms with van der Waals surface area (Å²) in [4.78, 5) is 42.0. The number of benzene rings is 3. The van der Waals surface area contributed by atoms with Crippen LogP contribution in [0.2, 0.25) is 0 Å². The van der Waals surface area contributed by atoms with Crippen LogP contribution in [0.25, 0.3) is 0 Å². The Hall–Kier alpha value is -4.13. The maximum absolute atomic E-state index is 13.0. The summed E-state index contributed by atoms with van der Waals surface area (Å²) < 4.78 is 0. The largest absolute Gasteiger partial charge is 0.376 e.